The lowest BCUT2D eigenvalue weighted by molar-refractivity contribution is -0.124. The Balaban J connectivity index is 1.54. The van der Waals surface area contributed by atoms with Crippen LogP contribution in [0.2, 0.25) is 0 Å². The maximum Gasteiger partial charge on any atom is 0.223 e. The molecule has 1 heterocycles. The first-order valence-electron chi connectivity index (χ1n) is 7.47. The summed E-state index contributed by atoms with van der Waals surface area (Å²) < 4.78 is 0. The van der Waals surface area contributed by atoms with Gasteiger partial charge in [0.2, 0.25) is 11.8 Å². The van der Waals surface area contributed by atoms with Gasteiger partial charge in [-0.15, -0.1) is 0 Å². The van der Waals surface area contributed by atoms with E-state index in [1.807, 2.05) is 0 Å². The molecule has 0 bridgehead atoms. The summed E-state index contributed by atoms with van der Waals surface area (Å²) in [6, 6.07) is 0.606. The van der Waals surface area contributed by atoms with Gasteiger partial charge < -0.3 is 16.0 Å². The van der Waals surface area contributed by atoms with Crippen LogP contribution in [0.4, 0.5) is 0 Å². The molecular weight excluding hydrogens is 242 g/mol. The van der Waals surface area contributed by atoms with Gasteiger partial charge in [-0.25, -0.2) is 0 Å². The van der Waals surface area contributed by atoms with E-state index < -0.39 is 0 Å². The van der Waals surface area contributed by atoms with Gasteiger partial charge >= 0.3 is 0 Å². The number of amides is 2. The molecule has 5 nitrogen and oxygen atoms in total. The van der Waals surface area contributed by atoms with Gasteiger partial charge in [-0.3, -0.25) is 9.59 Å². The van der Waals surface area contributed by atoms with Crippen molar-refractivity contribution in [2.24, 2.45) is 5.92 Å². The van der Waals surface area contributed by atoms with Crippen LogP contribution < -0.4 is 16.0 Å². The van der Waals surface area contributed by atoms with Crippen molar-refractivity contribution in [3.05, 3.63) is 0 Å². The van der Waals surface area contributed by atoms with Crippen LogP contribution in [0.15, 0.2) is 0 Å². The van der Waals surface area contributed by atoms with Crippen LogP contribution in [-0.2, 0) is 9.59 Å². The maximum absolute atomic E-state index is 11.8. The lowest BCUT2D eigenvalue weighted by atomic mass is 10.00. The smallest absolute Gasteiger partial charge is 0.223 e. The van der Waals surface area contributed by atoms with Crippen LogP contribution in [0.5, 0.6) is 0 Å². The molecule has 0 radical (unpaired) electrons. The number of hydrogen-bond donors (Lipinski definition) is 3. The minimum Gasteiger partial charge on any atom is -0.356 e. The molecule has 1 saturated heterocycles. The average molecular weight is 267 g/mol. The predicted octanol–water partition coefficient (Wildman–Crippen LogP) is 0.549. The molecular formula is C14H25N3O2. The van der Waals surface area contributed by atoms with Gasteiger partial charge in [-0.1, -0.05) is 0 Å². The summed E-state index contributed by atoms with van der Waals surface area (Å²) in [7, 11) is 0. The molecule has 0 aromatic heterocycles. The number of carbonyl (C=O) groups excluding carboxylic acids is 2. The molecule has 5 heteroatoms. The van der Waals surface area contributed by atoms with E-state index in [0.717, 1.165) is 38.6 Å². The molecule has 2 fully saturated rings. The second-order valence-corrected chi connectivity index (χ2v) is 5.73. The Morgan fingerprint density at radius 3 is 2.74 bits per heavy atom. The summed E-state index contributed by atoms with van der Waals surface area (Å²) >= 11 is 0. The van der Waals surface area contributed by atoms with Crippen LogP contribution in [0.3, 0.4) is 0 Å². The minimum atomic E-state index is 0.0984. The fourth-order valence-corrected chi connectivity index (χ4v) is 2.47. The topological polar surface area (TPSA) is 70.2 Å². The SMILES string of the molecule is CC1NCCCC1NC(=O)CCCNC(=O)C1CC1. The number of nitrogens with one attached hydrogen (secondary N) is 3. The van der Waals surface area contributed by atoms with Crippen molar-refractivity contribution in [1.29, 1.82) is 0 Å². The Bertz CT molecular complexity index is 329. The van der Waals surface area contributed by atoms with Gasteiger partial charge in [0.15, 0.2) is 0 Å². The number of piperidine rings is 1. The van der Waals surface area contributed by atoms with Crippen LogP contribution in [0.1, 0.15) is 45.4 Å². The summed E-state index contributed by atoms with van der Waals surface area (Å²) in [6.45, 7) is 3.77. The van der Waals surface area contributed by atoms with Gasteiger partial charge in [-0.05, 0) is 45.6 Å². The Morgan fingerprint density at radius 2 is 2.05 bits per heavy atom. The molecule has 2 amide bonds. The van der Waals surface area contributed by atoms with Crippen LogP contribution in [0.25, 0.3) is 0 Å². The summed E-state index contributed by atoms with van der Waals surface area (Å²) in [4.78, 5) is 23.2. The van der Waals surface area contributed by atoms with Gasteiger partial charge in [0.25, 0.3) is 0 Å². The van der Waals surface area contributed by atoms with Gasteiger partial charge in [0.05, 0.1) is 0 Å². The molecule has 0 aromatic rings. The second-order valence-electron chi connectivity index (χ2n) is 5.73. The van der Waals surface area contributed by atoms with E-state index in [9.17, 15) is 9.59 Å². The van der Waals surface area contributed by atoms with Crippen LogP contribution in [0, 0.1) is 5.92 Å². The second kappa shape index (κ2) is 6.89. The third-order valence-corrected chi connectivity index (χ3v) is 3.94. The molecule has 0 spiro atoms. The first-order chi connectivity index (χ1) is 9.16. The number of hydrogen-bond acceptors (Lipinski definition) is 3. The Hall–Kier alpha value is -1.10. The van der Waals surface area contributed by atoms with Crippen molar-refractivity contribution in [2.75, 3.05) is 13.1 Å². The zero-order valence-corrected chi connectivity index (χ0v) is 11.7. The normalized spacial score (nSPS) is 26.8. The predicted molar refractivity (Wildman–Crippen MR) is 73.6 cm³/mol. The van der Waals surface area contributed by atoms with Crippen molar-refractivity contribution in [3.8, 4) is 0 Å². The Morgan fingerprint density at radius 1 is 1.26 bits per heavy atom. The van der Waals surface area contributed by atoms with Crippen LogP contribution in [-0.4, -0.2) is 37.0 Å². The van der Waals surface area contributed by atoms with E-state index in [4.69, 9.17) is 0 Å². The lowest BCUT2D eigenvalue weighted by Gasteiger charge is -2.30. The van der Waals surface area contributed by atoms with E-state index in [-0.39, 0.29) is 23.8 Å². The minimum absolute atomic E-state index is 0.0984. The highest BCUT2D eigenvalue weighted by Crippen LogP contribution is 2.28. The first kappa shape index (κ1) is 14.3. The molecule has 1 aliphatic heterocycles. The fraction of sp³-hybridized carbons (Fsp3) is 0.857. The highest BCUT2D eigenvalue weighted by Gasteiger charge is 2.29. The van der Waals surface area contributed by atoms with Gasteiger partial charge in [0, 0.05) is 31.0 Å². The van der Waals surface area contributed by atoms with Crippen molar-refractivity contribution >= 4 is 11.8 Å². The number of carbonyl (C=O) groups is 2. The summed E-state index contributed by atoms with van der Waals surface area (Å²) in [5.74, 6) is 0.509. The largest absolute Gasteiger partial charge is 0.356 e. The van der Waals surface area contributed by atoms with Crippen LogP contribution >= 0.6 is 0 Å². The first-order valence-corrected chi connectivity index (χ1v) is 7.47. The zero-order chi connectivity index (χ0) is 13.7. The highest BCUT2D eigenvalue weighted by atomic mass is 16.2. The molecule has 2 unspecified atom stereocenters. The van der Waals surface area contributed by atoms with E-state index in [0.29, 0.717) is 19.0 Å². The standard InChI is InChI=1S/C14H25N3O2/c1-10-12(4-2-8-15-10)17-13(18)5-3-9-16-14(19)11-6-7-11/h10-12,15H,2-9H2,1H3,(H,16,19)(H,17,18). The Labute approximate surface area is 114 Å². The van der Waals surface area contributed by atoms with Crippen molar-refractivity contribution in [1.82, 2.24) is 16.0 Å². The maximum atomic E-state index is 11.8. The van der Waals surface area contributed by atoms with E-state index in [1.165, 1.54) is 0 Å². The summed E-state index contributed by atoms with van der Waals surface area (Å²) in [6.07, 6.45) is 5.44. The third-order valence-electron chi connectivity index (χ3n) is 3.94. The molecule has 0 aromatic carbocycles. The molecule has 2 rings (SSSR count). The number of rotatable bonds is 6. The monoisotopic (exact) mass is 267 g/mol. The summed E-state index contributed by atoms with van der Waals surface area (Å²) in [5.41, 5.74) is 0. The van der Waals surface area contributed by atoms with E-state index >= 15 is 0 Å². The average Bonchev–Trinajstić information content (AvgIpc) is 3.21. The molecule has 2 atom stereocenters. The molecule has 19 heavy (non-hydrogen) atoms. The van der Waals surface area contributed by atoms with Crippen molar-refractivity contribution in [2.45, 2.75) is 57.5 Å². The van der Waals surface area contributed by atoms with E-state index in [1.54, 1.807) is 0 Å². The van der Waals surface area contributed by atoms with Crippen molar-refractivity contribution in [3.63, 3.8) is 0 Å². The van der Waals surface area contributed by atoms with Gasteiger partial charge in [0.1, 0.15) is 0 Å². The van der Waals surface area contributed by atoms with Gasteiger partial charge in [-0.2, -0.15) is 0 Å². The quantitative estimate of drug-likeness (QED) is 0.616. The van der Waals surface area contributed by atoms with Crippen molar-refractivity contribution < 1.29 is 9.59 Å². The fourth-order valence-electron chi connectivity index (χ4n) is 2.47. The summed E-state index contributed by atoms with van der Waals surface area (Å²) in [5, 5.41) is 9.33. The molecule has 1 aliphatic carbocycles. The third kappa shape index (κ3) is 4.82. The molecule has 3 N–H and O–H groups in total. The highest BCUT2D eigenvalue weighted by molar-refractivity contribution is 5.81. The van der Waals surface area contributed by atoms with E-state index in [2.05, 4.69) is 22.9 Å². The lowest BCUT2D eigenvalue weighted by Crippen LogP contribution is -2.51. The molecule has 1 saturated carbocycles. The Kier molecular flexibility index (Phi) is 5.19. The molecule has 108 valence electrons. The zero-order valence-electron chi connectivity index (χ0n) is 11.7. The molecule has 2 aliphatic rings.